The summed E-state index contributed by atoms with van der Waals surface area (Å²) in [6.07, 6.45) is 2.23. The van der Waals surface area contributed by atoms with Crippen molar-refractivity contribution in [2.75, 3.05) is 36.4 Å². The zero-order valence-electron chi connectivity index (χ0n) is 22.2. The molecule has 0 aliphatic carbocycles. The number of anilines is 3. The van der Waals surface area contributed by atoms with Gasteiger partial charge in [0.1, 0.15) is 39.6 Å². The Hall–Kier alpha value is -4.24. The maximum atomic E-state index is 13.4. The minimum Gasteiger partial charge on any atom is -0.444 e. The van der Waals surface area contributed by atoms with Crippen molar-refractivity contribution in [3.63, 3.8) is 0 Å². The number of carbonyl (C=O) groups excluding carboxylic acids is 1. The Balaban J connectivity index is 1.39. The molecule has 1 fully saturated rings. The van der Waals surface area contributed by atoms with Crippen LogP contribution in [0.4, 0.5) is 25.8 Å². The van der Waals surface area contributed by atoms with Crippen molar-refractivity contribution >= 4 is 39.7 Å². The van der Waals surface area contributed by atoms with Gasteiger partial charge in [-0.25, -0.2) is 23.7 Å². The summed E-state index contributed by atoms with van der Waals surface area (Å²) in [7, 11) is 0. The summed E-state index contributed by atoms with van der Waals surface area (Å²) in [6, 6.07) is 10.0. The van der Waals surface area contributed by atoms with E-state index in [4.69, 9.17) is 9.72 Å². The number of hydrogen-bond donors (Lipinski definition) is 1. The second-order valence-corrected chi connectivity index (χ2v) is 11.1. The van der Waals surface area contributed by atoms with Crippen molar-refractivity contribution in [1.29, 1.82) is 5.26 Å². The van der Waals surface area contributed by atoms with E-state index in [9.17, 15) is 14.4 Å². The van der Waals surface area contributed by atoms with Gasteiger partial charge >= 0.3 is 6.09 Å². The van der Waals surface area contributed by atoms with Crippen molar-refractivity contribution in [3.8, 4) is 17.3 Å². The number of rotatable bonds is 5. The molecular weight excluding hydrogens is 519 g/mol. The minimum atomic E-state index is -0.533. The molecule has 0 atom stereocenters. The average Bonchev–Trinajstić information content (AvgIpc) is 3.49. The Morgan fingerprint density at radius 2 is 1.87 bits per heavy atom. The van der Waals surface area contributed by atoms with Crippen molar-refractivity contribution in [3.05, 3.63) is 52.9 Å². The lowest BCUT2D eigenvalue weighted by Gasteiger charge is -2.36. The molecule has 1 N–H and O–H groups in total. The fraction of sp³-hybridized carbons (Fsp3) is 0.370. The number of carbonyl (C=O) groups is 1. The van der Waals surface area contributed by atoms with Crippen LogP contribution in [0.2, 0.25) is 0 Å². The van der Waals surface area contributed by atoms with Crippen LogP contribution in [0.5, 0.6) is 0 Å². The minimum absolute atomic E-state index is 0.305. The molecule has 0 spiro atoms. The first-order chi connectivity index (χ1) is 18.6. The largest absolute Gasteiger partial charge is 0.444 e. The van der Waals surface area contributed by atoms with Gasteiger partial charge in [0.15, 0.2) is 10.8 Å². The Kier molecular flexibility index (Phi) is 7.10. The summed E-state index contributed by atoms with van der Waals surface area (Å²) in [4.78, 5) is 26.3. The van der Waals surface area contributed by atoms with Gasteiger partial charge in [0.2, 0.25) is 0 Å². The topological polar surface area (TPSA) is 112 Å². The van der Waals surface area contributed by atoms with Crippen LogP contribution in [0, 0.1) is 17.1 Å². The summed E-state index contributed by atoms with van der Waals surface area (Å²) < 4.78 is 20.6. The number of fused-ring (bicyclic) bond motifs is 1. The van der Waals surface area contributed by atoms with Crippen LogP contribution in [0.15, 0.2) is 36.5 Å². The second-order valence-electron chi connectivity index (χ2n) is 10.1. The first-order valence-electron chi connectivity index (χ1n) is 12.7. The molecule has 0 saturated carbocycles. The lowest BCUT2D eigenvalue weighted by atomic mass is 10.1. The van der Waals surface area contributed by atoms with Crippen LogP contribution >= 0.6 is 11.3 Å². The van der Waals surface area contributed by atoms with Gasteiger partial charge < -0.3 is 19.9 Å². The molecule has 1 aromatic carbocycles. The molecule has 10 nitrogen and oxygen atoms in total. The van der Waals surface area contributed by atoms with Crippen LogP contribution < -0.4 is 10.2 Å². The molecule has 4 aromatic rings. The molecule has 0 bridgehead atoms. The highest BCUT2D eigenvalue weighted by atomic mass is 32.1. The Labute approximate surface area is 229 Å². The number of thiazole rings is 1. The maximum absolute atomic E-state index is 13.4. The highest BCUT2D eigenvalue weighted by Gasteiger charge is 2.27. The second kappa shape index (κ2) is 10.5. The molecule has 1 saturated heterocycles. The zero-order chi connectivity index (χ0) is 27.7. The highest BCUT2D eigenvalue weighted by molar-refractivity contribution is 7.16. The third kappa shape index (κ3) is 5.63. The molecule has 1 aliphatic rings. The number of aryl methyl sites for hydroxylation is 1. The Bertz CT molecular complexity index is 1540. The number of nitriles is 1. The number of nitrogens with one attached hydrogen (secondary N) is 1. The SMILES string of the molecule is CCc1nn2ccc(N3CCN(C(=O)OC(C)(C)C)CC3)nc2c1Nc1nc(-c2ccc(F)cc2)c(C#N)s1. The van der Waals surface area contributed by atoms with Gasteiger partial charge in [-0.05, 0) is 57.5 Å². The molecule has 1 aliphatic heterocycles. The van der Waals surface area contributed by atoms with E-state index in [-0.39, 0.29) is 11.9 Å². The van der Waals surface area contributed by atoms with Gasteiger partial charge in [-0.15, -0.1) is 0 Å². The number of hydrogen-bond acceptors (Lipinski definition) is 9. The van der Waals surface area contributed by atoms with E-state index in [1.165, 1.54) is 23.5 Å². The lowest BCUT2D eigenvalue weighted by molar-refractivity contribution is 0.0240. The number of benzene rings is 1. The maximum Gasteiger partial charge on any atom is 0.410 e. The van der Waals surface area contributed by atoms with Gasteiger partial charge in [-0.3, -0.25) is 0 Å². The summed E-state index contributed by atoms with van der Waals surface area (Å²) in [6.45, 7) is 9.91. The molecular formula is C27H29FN8O2S. The van der Waals surface area contributed by atoms with Crippen LogP contribution in [0.25, 0.3) is 16.9 Å². The summed E-state index contributed by atoms with van der Waals surface area (Å²) in [5, 5.41) is 18.2. The first kappa shape index (κ1) is 26.4. The smallest absolute Gasteiger partial charge is 0.410 e. The zero-order valence-corrected chi connectivity index (χ0v) is 23.0. The van der Waals surface area contributed by atoms with E-state index in [1.54, 1.807) is 21.5 Å². The predicted octanol–water partition coefficient (Wildman–Crippen LogP) is 5.23. The lowest BCUT2D eigenvalue weighted by Crippen LogP contribution is -2.50. The molecule has 39 heavy (non-hydrogen) atoms. The van der Waals surface area contributed by atoms with Gasteiger partial charge in [-0.1, -0.05) is 18.3 Å². The van der Waals surface area contributed by atoms with E-state index in [1.807, 2.05) is 40.0 Å². The molecule has 0 radical (unpaired) electrons. The Morgan fingerprint density at radius 3 is 2.51 bits per heavy atom. The number of piperazine rings is 1. The monoisotopic (exact) mass is 548 g/mol. The van der Waals surface area contributed by atoms with E-state index < -0.39 is 5.60 Å². The quantitative estimate of drug-likeness (QED) is 0.361. The average molecular weight is 549 g/mol. The van der Waals surface area contributed by atoms with E-state index in [0.29, 0.717) is 59.5 Å². The standard InChI is InChI=1S/C27H29FN8O2S/c1-5-19-23(32-25-31-22(20(16-29)39-25)17-6-8-18(28)9-7-17)24-30-21(10-11-36(24)33-19)34-12-14-35(15-13-34)26(37)38-27(2,3)4/h6-11H,5,12-15H2,1-4H3,(H,31,32). The molecule has 3 aromatic heterocycles. The van der Waals surface area contributed by atoms with Gasteiger partial charge in [0.25, 0.3) is 0 Å². The van der Waals surface area contributed by atoms with Crippen LogP contribution in [-0.4, -0.2) is 62.4 Å². The van der Waals surface area contributed by atoms with Crippen molar-refractivity contribution in [2.24, 2.45) is 0 Å². The van der Waals surface area contributed by atoms with Crippen LogP contribution in [0.1, 0.15) is 38.3 Å². The molecule has 1 amide bonds. The fourth-order valence-electron chi connectivity index (χ4n) is 4.32. The van der Waals surface area contributed by atoms with E-state index in [2.05, 4.69) is 26.4 Å². The number of amides is 1. The normalized spacial score (nSPS) is 13.9. The van der Waals surface area contributed by atoms with Crippen molar-refractivity contribution < 1.29 is 13.9 Å². The number of halogens is 1. The predicted molar refractivity (Wildman–Crippen MR) is 148 cm³/mol. The van der Waals surface area contributed by atoms with E-state index in [0.717, 1.165) is 17.2 Å². The third-order valence-corrected chi connectivity index (χ3v) is 7.09. The van der Waals surface area contributed by atoms with Gasteiger partial charge in [0.05, 0.1) is 5.69 Å². The summed E-state index contributed by atoms with van der Waals surface area (Å²) in [5.74, 6) is 0.429. The van der Waals surface area contributed by atoms with Crippen LogP contribution in [0.3, 0.4) is 0 Å². The van der Waals surface area contributed by atoms with Crippen LogP contribution in [-0.2, 0) is 11.2 Å². The molecule has 0 unspecified atom stereocenters. The highest BCUT2D eigenvalue weighted by Crippen LogP contribution is 2.34. The van der Waals surface area contributed by atoms with Gasteiger partial charge in [0, 0.05) is 37.9 Å². The summed E-state index contributed by atoms with van der Waals surface area (Å²) in [5.41, 5.74) is 2.79. The van der Waals surface area contributed by atoms with Crippen molar-refractivity contribution in [2.45, 2.75) is 39.7 Å². The molecule has 202 valence electrons. The molecule has 5 rings (SSSR count). The number of aromatic nitrogens is 4. The third-order valence-electron chi connectivity index (χ3n) is 6.21. The summed E-state index contributed by atoms with van der Waals surface area (Å²) >= 11 is 1.22. The fourth-order valence-corrected chi connectivity index (χ4v) is 5.11. The first-order valence-corrected chi connectivity index (χ1v) is 13.5. The number of nitrogens with zero attached hydrogens (tertiary/aromatic N) is 7. The Morgan fingerprint density at radius 1 is 1.15 bits per heavy atom. The van der Waals surface area contributed by atoms with Crippen molar-refractivity contribution in [1.82, 2.24) is 24.5 Å². The van der Waals surface area contributed by atoms with Gasteiger partial charge in [-0.2, -0.15) is 10.4 Å². The number of ether oxygens (including phenoxy) is 1. The van der Waals surface area contributed by atoms with E-state index >= 15 is 0 Å². The molecule has 12 heteroatoms. The molecule has 4 heterocycles.